The van der Waals surface area contributed by atoms with Crippen molar-refractivity contribution in [3.63, 3.8) is 0 Å². The van der Waals surface area contributed by atoms with Crippen LogP contribution >= 0.6 is 0 Å². The van der Waals surface area contributed by atoms with Crippen LogP contribution in [-0.2, 0) is 14.3 Å². The monoisotopic (exact) mass is 414 g/mol. The van der Waals surface area contributed by atoms with E-state index in [4.69, 9.17) is 14.2 Å². The predicted molar refractivity (Wildman–Crippen MR) is 112 cm³/mol. The fourth-order valence-electron chi connectivity index (χ4n) is 2.65. The topological polar surface area (TPSA) is 103 Å². The van der Waals surface area contributed by atoms with Gasteiger partial charge in [-0.05, 0) is 42.3 Å². The van der Waals surface area contributed by atoms with Gasteiger partial charge in [0.1, 0.15) is 17.5 Å². The lowest BCUT2D eigenvalue weighted by atomic mass is 10.0. The number of amides is 2. The lowest BCUT2D eigenvalue weighted by Crippen LogP contribution is -2.46. The van der Waals surface area contributed by atoms with Crippen molar-refractivity contribution < 1.29 is 28.6 Å². The van der Waals surface area contributed by atoms with E-state index in [-0.39, 0.29) is 5.92 Å². The third-order valence-corrected chi connectivity index (χ3v) is 4.28. The largest absolute Gasteiger partial charge is 0.497 e. The highest BCUT2D eigenvalue weighted by atomic mass is 16.5. The van der Waals surface area contributed by atoms with Crippen LogP contribution < -0.4 is 20.1 Å². The van der Waals surface area contributed by atoms with E-state index < -0.39 is 30.4 Å². The molecule has 1 atom stereocenters. The quantitative estimate of drug-likeness (QED) is 0.612. The molecule has 8 nitrogen and oxygen atoms in total. The Morgan fingerprint density at radius 3 is 2.20 bits per heavy atom. The standard InChI is InChI=1S/C22H26N2O6/c1-14(2)20(24-21(26)17-7-5-6-8-18(17)29-4)22(27)30-13-19(25)23-15-9-11-16(28-3)12-10-15/h5-12,14,20H,13H2,1-4H3,(H,23,25)(H,24,26)/t20-/m0/s1. The van der Waals surface area contributed by atoms with Crippen molar-refractivity contribution in [2.75, 3.05) is 26.1 Å². The van der Waals surface area contributed by atoms with E-state index in [9.17, 15) is 14.4 Å². The molecule has 0 aromatic heterocycles. The van der Waals surface area contributed by atoms with Gasteiger partial charge in [0.05, 0.1) is 19.8 Å². The number of para-hydroxylation sites is 1. The van der Waals surface area contributed by atoms with E-state index in [0.29, 0.717) is 22.7 Å². The number of hydrogen-bond acceptors (Lipinski definition) is 6. The Kier molecular flexibility index (Phi) is 8.22. The molecule has 0 aliphatic heterocycles. The van der Waals surface area contributed by atoms with Gasteiger partial charge >= 0.3 is 5.97 Å². The van der Waals surface area contributed by atoms with Crippen molar-refractivity contribution >= 4 is 23.5 Å². The maximum atomic E-state index is 12.6. The van der Waals surface area contributed by atoms with Gasteiger partial charge in [-0.2, -0.15) is 0 Å². The average Bonchev–Trinajstić information content (AvgIpc) is 2.75. The highest BCUT2D eigenvalue weighted by Gasteiger charge is 2.27. The molecule has 0 heterocycles. The molecule has 0 saturated carbocycles. The number of carbonyl (C=O) groups excluding carboxylic acids is 3. The number of ether oxygens (including phenoxy) is 3. The first-order valence-electron chi connectivity index (χ1n) is 9.40. The molecule has 0 bridgehead atoms. The maximum Gasteiger partial charge on any atom is 0.329 e. The summed E-state index contributed by atoms with van der Waals surface area (Å²) < 4.78 is 15.4. The van der Waals surface area contributed by atoms with Crippen LogP contribution in [-0.4, -0.2) is 44.7 Å². The minimum Gasteiger partial charge on any atom is -0.497 e. The van der Waals surface area contributed by atoms with E-state index >= 15 is 0 Å². The molecule has 0 unspecified atom stereocenters. The summed E-state index contributed by atoms with van der Waals surface area (Å²) >= 11 is 0. The Balaban J connectivity index is 1.94. The van der Waals surface area contributed by atoms with Crippen LogP contribution in [0.3, 0.4) is 0 Å². The molecule has 0 aliphatic carbocycles. The van der Waals surface area contributed by atoms with Gasteiger partial charge in [0.15, 0.2) is 6.61 Å². The van der Waals surface area contributed by atoms with E-state index in [1.807, 2.05) is 0 Å². The lowest BCUT2D eigenvalue weighted by molar-refractivity contribution is -0.150. The summed E-state index contributed by atoms with van der Waals surface area (Å²) in [4.78, 5) is 37.1. The van der Waals surface area contributed by atoms with Crippen molar-refractivity contribution in [3.8, 4) is 11.5 Å². The molecule has 2 amide bonds. The number of hydrogen-bond donors (Lipinski definition) is 2. The number of anilines is 1. The van der Waals surface area contributed by atoms with Gasteiger partial charge in [-0.15, -0.1) is 0 Å². The van der Waals surface area contributed by atoms with Crippen LogP contribution in [0.2, 0.25) is 0 Å². The fourth-order valence-corrected chi connectivity index (χ4v) is 2.65. The van der Waals surface area contributed by atoms with E-state index in [1.165, 1.54) is 7.11 Å². The summed E-state index contributed by atoms with van der Waals surface area (Å²) in [5.74, 6) is -0.855. The summed E-state index contributed by atoms with van der Waals surface area (Å²) in [5.41, 5.74) is 0.845. The Morgan fingerprint density at radius 2 is 1.60 bits per heavy atom. The first-order chi connectivity index (χ1) is 14.3. The van der Waals surface area contributed by atoms with Crippen molar-refractivity contribution in [1.82, 2.24) is 5.32 Å². The molecular weight excluding hydrogens is 388 g/mol. The lowest BCUT2D eigenvalue weighted by Gasteiger charge is -2.21. The smallest absolute Gasteiger partial charge is 0.329 e. The highest BCUT2D eigenvalue weighted by molar-refractivity contribution is 5.99. The normalized spacial score (nSPS) is 11.4. The molecule has 8 heteroatoms. The molecule has 0 saturated heterocycles. The summed E-state index contributed by atoms with van der Waals surface area (Å²) in [7, 11) is 3.01. The number of benzene rings is 2. The molecule has 0 aliphatic rings. The van der Waals surface area contributed by atoms with Crippen molar-refractivity contribution in [1.29, 1.82) is 0 Å². The van der Waals surface area contributed by atoms with Gasteiger partial charge in [-0.25, -0.2) is 4.79 Å². The van der Waals surface area contributed by atoms with E-state index in [2.05, 4.69) is 10.6 Å². The number of rotatable bonds is 9. The zero-order valence-electron chi connectivity index (χ0n) is 17.4. The van der Waals surface area contributed by atoms with Gasteiger partial charge in [0.25, 0.3) is 11.8 Å². The number of esters is 1. The molecule has 2 N–H and O–H groups in total. The number of methoxy groups -OCH3 is 2. The van der Waals surface area contributed by atoms with Gasteiger partial charge in [-0.1, -0.05) is 26.0 Å². The molecule has 2 aromatic carbocycles. The van der Waals surface area contributed by atoms with Crippen LogP contribution in [0.1, 0.15) is 24.2 Å². The van der Waals surface area contributed by atoms with E-state index in [0.717, 1.165) is 0 Å². The van der Waals surface area contributed by atoms with Crippen molar-refractivity contribution in [2.24, 2.45) is 5.92 Å². The third-order valence-electron chi connectivity index (χ3n) is 4.28. The minimum atomic E-state index is -0.920. The van der Waals surface area contributed by atoms with Crippen LogP contribution in [0.5, 0.6) is 11.5 Å². The second-order valence-corrected chi connectivity index (χ2v) is 6.78. The first-order valence-corrected chi connectivity index (χ1v) is 9.40. The molecule has 2 rings (SSSR count). The van der Waals surface area contributed by atoms with E-state index in [1.54, 1.807) is 69.5 Å². The zero-order chi connectivity index (χ0) is 22.1. The summed E-state index contributed by atoms with van der Waals surface area (Å²) in [6.07, 6.45) is 0. The number of carbonyl (C=O) groups is 3. The molecule has 0 spiro atoms. The summed E-state index contributed by atoms with van der Waals surface area (Å²) in [6, 6.07) is 12.5. The van der Waals surface area contributed by atoms with Crippen molar-refractivity contribution in [3.05, 3.63) is 54.1 Å². The molecule has 0 fully saturated rings. The molecule has 30 heavy (non-hydrogen) atoms. The Labute approximate surface area is 175 Å². The SMILES string of the molecule is COc1ccc(NC(=O)COC(=O)[C@@H](NC(=O)c2ccccc2OC)C(C)C)cc1. The van der Waals surface area contributed by atoms with Gasteiger partial charge < -0.3 is 24.8 Å². The van der Waals surface area contributed by atoms with Crippen molar-refractivity contribution in [2.45, 2.75) is 19.9 Å². The minimum absolute atomic E-state index is 0.249. The van der Waals surface area contributed by atoms with Crippen LogP contribution in [0.15, 0.2) is 48.5 Å². The number of nitrogens with one attached hydrogen (secondary N) is 2. The fraction of sp³-hybridized carbons (Fsp3) is 0.318. The van der Waals surface area contributed by atoms with Crippen LogP contribution in [0.25, 0.3) is 0 Å². The van der Waals surface area contributed by atoms with Gasteiger partial charge in [-0.3, -0.25) is 9.59 Å². The summed E-state index contributed by atoms with van der Waals surface area (Å²) in [5, 5.41) is 5.28. The van der Waals surface area contributed by atoms with Crippen LogP contribution in [0.4, 0.5) is 5.69 Å². The molecule has 160 valence electrons. The molecule has 2 aromatic rings. The highest BCUT2D eigenvalue weighted by Crippen LogP contribution is 2.18. The zero-order valence-corrected chi connectivity index (χ0v) is 17.4. The Bertz CT molecular complexity index is 879. The molecular formula is C22H26N2O6. The van der Waals surface area contributed by atoms with Crippen LogP contribution in [0, 0.1) is 5.92 Å². The Morgan fingerprint density at radius 1 is 0.933 bits per heavy atom. The second kappa shape index (κ2) is 10.8. The third kappa shape index (κ3) is 6.23. The second-order valence-electron chi connectivity index (χ2n) is 6.78. The Hall–Kier alpha value is -3.55. The van der Waals surface area contributed by atoms with Gasteiger partial charge in [0, 0.05) is 5.69 Å². The van der Waals surface area contributed by atoms with Gasteiger partial charge in [0.2, 0.25) is 0 Å². The average molecular weight is 414 g/mol. The maximum absolute atomic E-state index is 12.6. The predicted octanol–water partition coefficient (Wildman–Crippen LogP) is 2.64. The summed E-state index contributed by atoms with van der Waals surface area (Å²) in [6.45, 7) is 3.07. The molecule has 0 radical (unpaired) electrons. The first kappa shape index (κ1) is 22.7.